The van der Waals surface area contributed by atoms with Crippen molar-refractivity contribution in [3.63, 3.8) is 0 Å². The predicted octanol–water partition coefficient (Wildman–Crippen LogP) is 4.56. The molecule has 5 rings (SSSR count). The van der Waals surface area contributed by atoms with Gasteiger partial charge in [0.1, 0.15) is 6.17 Å². The Morgan fingerprint density at radius 1 is 1.24 bits per heavy atom. The Balaban J connectivity index is 1.36. The Hall–Kier alpha value is -3.01. The third-order valence-electron chi connectivity index (χ3n) is 6.80. The fraction of sp³-hybridized carbons (Fsp3) is 0.500. The Morgan fingerprint density at radius 3 is 2.88 bits per heavy atom. The smallest absolute Gasteiger partial charge is 0.241 e. The van der Waals surface area contributed by atoms with Gasteiger partial charge in [0.05, 0.1) is 17.8 Å². The van der Waals surface area contributed by atoms with Crippen LogP contribution in [0.5, 0.6) is 0 Å². The van der Waals surface area contributed by atoms with Crippen molar-refractivity contribution < 1.29 is 13.2 Å². The third kappa shape index (κ3) is 4.64. The van der Waals surface area contributed by atoms with Gasteiger partial charge in [0, 0.05) is 54.7 Å². The van der Waals surface area contributed by atoms with Crippen LogP contribution in [-0.2, 0) is 6.42 Å². The van der Waals surface area contributed by atoms with Crippen LogP contribution in [0.4, 0.5) is 24.9 Å². The van der Waals surface area contributed by atoms with Gasteiger partial charge in [-0.2, -0.15) is 0 Å². The summed E-state index contributed by atoms with van der Waals surface area (Å²) in [7, 11) is 1.92. The van der Waals surface area contributed by atoms with Crippen molar-refractivity contribution in [2.45, 2.75) is 51.2 Å². The molecule has 0 saturated carbocycles. The summed E-state index contributed by atoms with van der Waals surface area (Å²) in [6.45, 7) is 3.10. The Kier molecular flexibility index (Phi) is 6.24. The van der Waals surface area contributed by atoms with Crippen molar-refractivity contribution in [3.05, 3.63) is 36.3 Å². The van der Waals surface area contributed by atoms with E-state index < -0.39 is 12.6 Å². The van der Waals surface area contributed by atoms with E-state index in [4.69, 9.17) is 0 Å². The van der Waals surface area contributed by atoms with E-state index in [1.165, 1.54) is 0 Å². The molecular formula is C24H28F3N7. The summed E-state index contributed by atoms with van der Waals surface area (Å²) in [5.74, 6) is 1.04. The minimum Gasteiger partial charge on any atom is -0.347 e. The van der Waals surface area contributed by atoms with Gasteiger partial charge in [0.15, 0.2) is 5.82 Å². The molecule has 1 saturated heterocycles. The molecule has 180 valence electrons. The van der Waals surface area contributed by atoms with Gasteiger partial charge < -0.3 is 10.2 Å². The second-order valence-electron chi connectivity index (χ2n) is 9.29. The predicted molar refractivity (Wildman–Crippen MR) is 126 cm³/mol. The maximum Gasteiger partial charge on any atom is 0.241 e. The van der Waals surface area contributed by atoms with Crippen LogP contribution in [0.1, 0.15) is 31.7 Å². The number of aromatic nitrogens is 4. The molecule has 5 heterocycles. The molecule has 2 aliphatic rings. The summed E-state index contributed by atoms with van der Waals surface area (Å²) >= 11 is 0. The summed E-state index contributed by atoms with van der Waals surface area (Å²) in [4.78, 5) is 15.5. The van der Waals surface area contributed by atoms with E-state index in [1.807, 2.05) is 37.2 Å². The largest absolute Gasteiger partial charge is 0.347 e. The number of piperidine rings is 1. The number of hydrogen-bond acceptors (Lipinski definition) is 6. The molecule has 3 aromatic heterocycles. The molecule has 7 nitrogen and oxygen atoms in total. The number of fused-ring (bicyclic) bond motifs is 2. The van der Waals surface area contributed by atoms with Crippen LogP contribution in [0.15, 0.2) is 35.7 Å². The standard InChI is InChI=1S/C24H28F3N7/c1-14-15(3-4-22(26)27)9-16-10-17(11-28-23(16)30-14)18-5-8-34-21(18)12-29-24(32-34)31-20-6-7-33(2)13-19(20)25/h5,8,10-12,15,19-20,22H,3-4,6-7,9,13H2,1-2H3,(H,31,32)/t15-,19+,20-/m0/s1. The molecule has 2 aliphatic heterocycles. The molecular weight excluding hydrogens is 443 g/mol. The highest BCUT2D eigenvalue weighted by Gasteiger charge is 2.28. The number of anilines is 1. The van der Waals surface area contributed by atoms with Gasteiger partial charge in [-0.15, -0.1) is 5.10 Å². The molecule has 1 fully saturated rings. The number of alkyl halides is 3. The average Bonchev–Trinajstić information content (AvgIpc) is 3.22. The maximum atomic E-state index is 14.4. The quantitative estimate of drug-likeness (QED) is 0.571. The number of hydrogen-bond donors (Lipinski definition) is 1. The SMILES string of the molecule is CC1=Nc2ncc(-c3ccn4nc(N[C@H]5CCN(C)C[C@H]5F)ncc34)cc2C[C@@H]1CCC(F)F. The summed E-state index contributed by atoms with van der Waals surface area (Å²) in [5.41, 5.74) is 4.43. The first kappa shape index (κ1) is 22.8. The molecule has 0 aliphatic carbocycles. The lowest BCUT2D eigenvalue weighted by atomic mass is 9.88. The van der Waals surface area contributed by atoms with E-state index in [-0.39, 0.29) is 18.4 Å². The van der Waals surface area contributed by atoms with Gasteiger partial charge in [-0.05, 0) is 50.9 Å². The van der Waals surface area contributed by atoms with Gasteiger partial charge in [0.2, 0.25) is 12.4 Å². The summed E-state index contributed by atoms with van der Waals surface area (Å²) in [5, 5.41) is 7.66. The van der Waals surface area contributed by atoms with Crippen molar-refractivity contribution in [2.75, 3.05) is 25.5 Å². The lowest BCUT2D eigenvalue weighted by molar-refractivity contribution is 0.131. The number of nitrogens with zero attached hydrogens (tertiary/aromatic N) is 6. The zero-order chi connectivity index (χ0) is 23.8. The van der Waals surface area contributed by atoms with Crippen molar-refractivity contribution in [1.29, 1.82) is 0 Å². The van der Waals surface area contributed by atoms with Gasteiger partial charge >= 0.3 is 0 Å². The Labute approximate surface area is 196 Å². The van der Waals surface area contributed by atoms with Crippen molar-refractivity contribution in [3.8, 4) is 11.1 Å². The fourth-order valence-corrected chi connectivity index (χ4v) is 4.81. The van der Waals surface area contributed by atoms with E-state index in [1.54, 1.807) is 16.9 Å². The maximum absolute atomic E-state index is 14.4. The van der Waals surface area contributed by atoms with E-state index in [2.05, 4.69) is 25.4 Å². The average molecular weight is 472 g/mol. The highest BCUT2D eigenvalue weighted by molar-refractivity contribution is 5.89. The molecule has 0 amide bonds. The Bertz CT molecular complexity index is 1210. The molecule has 34 heavy (non-hydrogen) atoms. The summed E-state index contributed by atoms with van der Waals surface area (Å²) in [6, 6.07) is 3.66. The van der Waals surface area contributed by atoms with E-state index in [0.717, 1.165) is 34.5 Å². The van der Waals surface area contributed by atoms with Crippen LogP contribution < -0.4 is 5.32 Å². The minimum absolute atomic E-state index is 0.000187. The lowest BCUT2D eigenvalue weighted by Crippen LogP contribution is -2.46. The molecule has 10 heteroatoms. The van der Waals surface area contributed by atoms with Gasteiger partial charge in [-0.25, -0.2) is 32.6 Å². The number of nitrogens with one attached hydrogen (secondary N) is 1. The van der Waals surface area contributed by atoms with Crippen LogP contribution in [0, 0.1) is 5.92 Å². The lowest BCUT2D eigenvalue weighted by Gasteiger charge is -2.32. The monoisotopic (exact) mass is 471 g/mol. The second kappa shape index (κ2) is 9.32. The molecule has 0 bridgehead atoms. The van der Waals surface area contributed by atoms with Gasteiger partial charge in [0.25, 0.3) is 0 Å². The highest BCUT2D eigenvalue weighted by Crippen LogP contribution is 2.34. The number of pyridine rings is 1. The molecule has 1 N–H and O–H groups in total. The second-order valence-corrected chi connectivity index (χ2v) is 9.29. The summed E-state index contributed by atoms with van der Waals surface area (Å²) < 4.78 is 41.5. The van der Waals surface area contributed by atoms with Crippen molar-refractivity contribution in [1.82, 2.24) is 24.5 Å². The Morgan fingerprint density at radius 2 is 2.09 bits per heavy atom. The minimum atomic E-state index is -2.30. The topological polar surface area (TPSA) is 70.7 Å². The van der Waals surface area contributed by atoms with E-state index in [0.29, 0.717) is 37.6 Å². The first-order valence-corrected chi connectivity index (χ1v) is 11.6. The third-order valence-corrected chi connectivity index (χ3v) is 6.80. The number of aliphatic imine (C=N–C) groups is 1. The fourth-order valence-electron chi connectivity index (χ4n) is 4.81. The molecule has 0 spiro atoms. The first-order chi connectivity index (χ1) is 16.4. The normalized spacial score (nSPS) is 23.2. The van der Waals surface area contributed by atoms with Crippen molar-refractivity contribution >= 4 is 23.0 Å². The number of halogens is 3. The molecule has 3 aromatic rings. The summed E-state index contributed by atoms with van der Waals surface area (Å²) in [6.07, 6.45) is 3.67. The van der Waals surface area contributed by atoms with E-state index >= 15 is 0 Å². The highest BCUT2D eigenvalue weighted by atomic mass is 19.3. The van der Waals surface area contributed by atoms with Crippen LogP contribution in [-0.4, -0.2) is 69.0 Å². The van der Waals surface area contributed by atoms with Crippen LogP contribution in [0.3, 0.4) is 0 Å². The molecule has 0 aromatic carbocycles. The van der Waals surface area contributed by atoms with Crippen LogP contribution >= 0.6 is 0 Å². The molecule has 0 unspecified atom stereocenters. The first-order valence-electron chi connectivity index (χ1n) is 11.6. The van der Waals surface area contributed by atoms with Crippen LogP contribution in [0.25, 0.3) is 16.6 Å². The number of likely N-dealkylation sites (tertiary alicyclic amines) is 1. The van der Waals surface area contributed by atoms with Gasteiger partial charge in [-0.1, -0.05) is 0 Å². The van der Waals surface area contributed by atoms with Gasteiger partial charge in [-0.3, -0.25) is 0 Å². The molecule has 3 atom stereocenters. The van der Waals surface area contributed by atoms with E-state index in [9.17, 15) is 13.2 Å². The van der Waals surface area contributed by atoms with Crippen LogP contribution in [0.2, 0.25) is 0 Å². The zero-order valence-corrected chi connectivity index (χ0v) is 19.3. The van der Waals surface area contributed by atoms with Crippen molar-refractivity contribution in [2.24, 2.45) is 10.9 Å². The molecule has 0 radical (unpaired) electrons. The zero-order valence-electron chi connectivity index (χ0n) is 19.3. The number of rotatable bonds is 6.